The number of aliphatic hydroxyl groups is 1. The average Bonchev–Trinajstić information content (AvgIpc) is 3.32. The Bertz CT molecular complexity index is 1470. The molecular weight excluding hydrogens is 507 g/mol. The first-order chi connectivity index (χ1) is 19.4. The lowest BCUT2D eigenvalue weighted by Gasteiger charge is -2.32. The van der Waals surface area contributed by atoms with E-state index in [4.69, 9.17) is 10.7 Å². The molecule has 1 heterocycles. The Morgan fingerprint density at radius 1 is 1.02 bits per heavy atom. The van der Waals surface area contributed by atoms with Gasteiger partial charge >= 0.3 is 0 Å². The van der Waals surface area contributed by atoms with Gasteiger partial charge in [0.15, 0.2) is 0 Å². The third kappa shape index (κ3) is 6.07. The molecule has 3 aromatic carbocycles. The van der Waals surface area contributed by atoms with Gasteiger partial charge in [0.05, 0.1) is 11.0 Å². The number of para-hydroxylation sites is 2. The Morgan fingerprint density at radius 2 is 1.75 bits per heavy atom. The van der Waals surface area contributed by atoms with Gasteiger partial charge in [0.2, 0.25) is 11.8 Å². The van der Waals surface area contributed by atoms with E-state index in [0.717, 1.165) is 53.7 Å². The molecule has 3 atom stereocenters. The molecule has 0 bridgehead atoms. The van der Waals surface area contributed by atoms with Crippen LogP contribution in [0.15, 0.2) is 72.8 Å². The minimum atomic E-state index is -1.01. The molecule has 2 amide bonds. The number of carbonyl (C=O) groups excluding carboxylic acids is 2. The molecule has 4 aromatic rings. The zero-order valence-electron chi connectivity index (χ0n) is 22.4. The molecule has 208 valence electrons. The van der Waals surface area contributed by atoms with Crippen molar-refractivity contribution in [3.05, 3.63) is 101 Å². The van der Waals surface area contributed by atoms with Crippen LogP contribution in [0.4, 0.5) is 4.39 Å². The van der Waals surface area contributed by atoms with Crippen LogP contribution in [0.3, 0.4) is 0 Å². The lowest BCUT2D eigenvalue weighted by Crippen LogP contribution is -2.42. The molecule has 0 saturated heterocycles. The summed E-state index contributed by atoms with van der Waals surface area (Å²) in [6, 6.07) is 20.9. The fraction of sp³-hybridized carbons (Fsp3) is 0.344. The summed E-state index contributed by atoms with van der Waals surface area (Å²) in [6.07, 6.45) is 4.93. The number of hydrogen-bond acceptors (Lipinski definition) is 4. The molecule has 0 aliphatic heterocycles. The number of benzene rings is 3. The first kappa shape index (κ1) is 27.5. The number of primary amides is 1. The number of aromatic nitrogens is 2. The summed E-state index contributed by atoms with van der Waals surface area (Å²) in [4.78, 5) is 30.4. The molecule has 1 saturated carbocycles. The van der Waals surface area contributed by atoms with E-state index < -0.39 is 17.8 Å². The van der Waals surface area contributed by atoms with Crippen LogP contribution in [-0.2, 0) is 22.6 Å². The Kier molecular flexibility index (Phi) is 8.55. The lowest BCUT2D eigenvalue weighted by atomic mass is 9.74. The van der Waals surface area contributed by atoms with Gasteiger partial charge in [-0.1, -0.05) is 61.4 Å². The van der Waals surface area contributed by atoms with Crippen LogP contribution >= 0.6 is 0 Å². The Balaban J connectivity index is 1.33. The zero-order valence-corrected chi connectivity index (χ0v) is 22.4. The van der Waals surface area contributed by atoms with Crippen LogP contribution in [0, 0.1) is 11.7 Å². The van der Waals surface area contributed by atoms with Crippen molar-refractivity contribution in [2.45, 2.75) is 57.0 Å². The number of nitrogens with zero attached hydrogens (tertiary/aromatic N) is 2. The van der Waals surface area contributed by atoms with Crippen molar-refractivity contribution in [1.29, 1.82) is 0 Å². The molecule has 4 N–H and O–H groups in total. The van der Waals surface area contributed by atoms with Gasteiger partial charge < -0.3 is 20.7 Å². The highest BCUT2D eigenvalue weighted by molar-refractivity contribution is 5.89. The van der Waals surface area contributed by atoms with Crippen LogP contribution in [0.5, 0.6) is 0 Å². The van der Waals surface area contributed by atoms with E-state index in [1.807, 2.05) is 18.2 Å². The highest BCUT2D eigenvalue weighted by Gasteiger charge is 2.34. The second kappa shape index (κ2) is 12.4. The molecule has 8 heteroatoms. The summed E-state index contributed by atoms with van der Waals surface area (Å²) < 4.78 is 15.6. The molecule has 0 radical (unpaired) electrons. The molecule has 40 heavy (non-hydrogen) atoms. The van der Waals surface area contributed by atoms with Gasteiger partial charge in [0, 0.05) is 25.5 Å². The van der Waals surface area contributed by atoms with Gasteiger partial charge in [-0.05, 0) is 66.1 Å². The molecule has 1 aliphatic rings. The second-order valence-corrected chi connectivity index (χ2v) is 10.6. The number of nitrogens with one attached hydrogen (secondary N) is 1. The molecular formula is C32H35FN4O3. The minimum Gasteiger partial charge on any atom is -0.396 e. The minimum absolute atomic E-state index is 0.0266. The van der Waals surface area contributed by atoms with Crippen molar-refractivity contribution in [1.82, 2.24) is 14.9 Å². The van der Waals surface area contributed by atoms with E-state index in [-0.39, 0.29) is 24.3 Å². The van der Waals surface area contributed by atoms with Crippen molar-refractivity contribution in [3.8, 4) is 0 Å². The molecule has 7 nitrogen and oxygen atoms in total. The quantitative estimate of drug-likeness (QED) is 0.268. The number of aryl methyl sites for hydroxylation is 1. The van der Waals surface area contributed by atoms with Gasteiger partial charge in [-0.3, -0.25) is 9.59 Å². The van der Waals surface area contributed by atoms with Crippen molar-refractivity contribution >= 4 is 22.8 Å². The monoisotopic (exact) mass is 542 g/mol. The molecule has 1 fully saturated rings. The van der Waals surface area contributed by atoms with Crippen molar-refractivity contribution in [2.24, 2.45) is 11.7 Å². The van der Waals surface area contributed by atoms with Gasteiger partial charge in [-0.2, -0.15) is 0 Å². The van der Waals surface area contributed by atoms with E-state index in [1.54, 1.807) is 0 Å². The predicted molar refractivity (Wildman–Crippen MR) is 152 cm³/mol. The third-order valence-corrected chi connectivity index (χ3v) is 7.92. The number of rotatable bonds is 10. The summed E-state index contributed by atoms with van der Waals surface area (Å²) in [6.45, 7) is 0.784. The highest BCUT2D eigenvalue weighted by atomic mass is 19.1. The average molecular weight is 543 g/mol. The van der Waals surface area contributed by atoms with Gasteiger partial charge in [-0.15, -0.1) is 0 Å². The van der Waals surface area contributed by atoms with Gasteiger partial charge in [0.1, 0.15) is 17.7 Å². The summed E-state index contributed by atoms with van der Waals surface area (Å²) in [7, 11) is 0. The van der Waals surface area contributed by atoms with Crippen molar-refractivity contribution in [2.75, 3.05) is 6.61 Å². The number of halogens is 1. The van der Waals surface area contributed by atoms with Gasteiger partial charge in [-0.25, -0.2) is 9.37 Å². The SMILES string of the molecule is NC(=O)[C@@H](NC(=O)[C@@H]1CCCC[C@H]1c1ccc(Cn2c(CCCO)nc3ccccc32)cc1)c1ccc(F)cc1. The highest BCUT2D eigenvalue weighted by Crippen LogP contribution is 2.38. The van der Waals surface area contributed by atoms with Gasteiger partial charge in [0.25, 0.3) is 0 Å². The third-order valence-electron chi connectivity index (χ3n) is 7.92. The summed E-state index contributed by atoms with van der Waals surface area (Å²) in [5.74, 6) is -0.615. The number of nitrogens with two attached hydrogens (primary N) is 1. The molecule has 1 aliphatic carbocycles. The normalized spacial score (nSPS) is 17.9. The fourth-order valence-electron chi connectivity index (χ4n) is 5.85. The summed E-state index contributed by atoms with van der Waals surface area (Å²) in [5.41, 5.74) is 10.3. The topological polar surface area (TPSA) is 110 Å². The number of fused-ring (bicyclic) bond motifs is 1. The molecule has 0 spiro atoms. The van der Waals surface area contributed by atoms with Crippen LogP contribution in [0.1, 0.15) is 66.6 Å². The van der Waals surface area contributed by atoms with E-state index in [1.165, 1.54) is 24.3 Å². The number of imidazole rings is 1. The molecule has 0 unspecified atom stereocenters. The van der Waals surface area contributed by atoms with Crippen LogP contribution in [0.2, 0.25) is 0 Å². The number of carbonyl (C=O) groups is 2. The fourth-order valence-corrected chi connectivity index (χ4v) is 5.85. The largest absolute Gasteiger partial charge is 0.396 e. The standard InChI is InChI=1S/C32H35FN4O3/c33-24-17-15-23(16-18-24)30(31(34)39)36-32(40)26-7-2-1-6-25(26)22-13-11-21(12-14-22)20-37-28-9-4-3-8-27(28)35-29(37)10-5-19-38/h3-4,8-9,11-18,25-26,30,38H,1-2,5-7,10,19-20H2,(H2,34,39)(H,36,40)/t25-,26+,30-/m0/s1. The summed E-state index contributed by atoms with van der Waals surface area (Å²) >= 11 is 0. The first-order valence-corrected chi connectivity index (χ1v) is 13.9. The van der Waals surface area contributed by atoms with Crippen LogP contribution in [-0.4, -0.2) is 33.1 Å². The molecule has 5 rings (SSSR count). The number of amides is 2. The van der Waals surface area contributed by atoms with E-state index in [9.17, 15) is 19.1 Å². The van der Waals surface area contributed by atoms with Crippen LogP contribution in [0.25, 0.3) is 11.0 Å². The van der Waals surface area contributed by atoms with E-state index in [2.05, 4.69) is 40.2 Å². The predicted octanol–water partition coefficient (Wildman–Crippen LogP) is 4.77. The first-order valence-electron chi connectivity index (χ1n) is 13.9. The number of aliphatic hydroxyl groups excluding tert-OH is 1. The Labute approximate surface area is 233 Å². The zero-order chi connectivity index (χ0) is 28.1. The lowest BCUT2D eigenvalue weighted by molar-refractivity contribution is -0.131. The van der Waals surface area contributed by atoms with E-state index in [0.29, 0.717) is 24.9 Å². The van der Waals surface area contributed by atoms with Crippen molar-refractivity contribution in [3.63, 3.8) is 0 Å². The maximum atomic E-state index is 13.4. The Hall–Kier alpha value is -4.04. The smallest absolute Gasteiger partial charge is 0.244 e. The summed E-state index contributed by atoms with van der Waals surface area (Å²) in [5, 5.41) is 12.2. The molecule has 1 aromatic heterocycles. The van der Waals surface area contributed by atoms with Crippen molar-refractivity contribution < 1.29 is 19.1 Å². The second-order valence-electron chi connectivity index (χ2n) is 10.6. The Morgan fingerprint density at radius 3 is 2.48 bits per heavy atom. The number of hydrogen-bond donors (Lipinski definition) is 3. The van der Waals surface area contributed by atoms with Crippen LogP contribution < -0.4 is 11.1 Å². The maximum Gasteiger partial charge on any atom is 0.244 e. The van der Waals surface area contributed by atoms with E-state index >= 15 is 0 Å². The maximum absolute atomic E-state index is 13.4.